The molecular formula is C21H23NO5. The van der Waals surface area contributed by atoms with Crippen molar-refractivity contribution in [2.75, 3.05) is 7.11 Å². The van der Waals surface area contributed by atoms with Gasteiger partial charge in [-0.05, 0) is 30.5 Å². The summed E-state index contributed by atoms with van der Waals surface area (Å²) in [7, 11) is 1.22. The summed E-state index contributed by atoms with van der Waals surface area (Å²) in [6.07, 6.45) is 1.28. The number of carbonyl (C=O) groups excluding carboxylic acids is 1. The predicted molar refractivity (Wildman–Crippen MR) is 103 cm³/mol. The van der Waals surface area contributed by atoms with Gasteiger partial charge in [-0.25, -0.2) is 4.79 Å². The van der Waals surface area contributed by atoms with Crippen LogP contribution < -0.4 is 4.74 Å². The third kappa shape index (κ3) is 5.60. The van der Waals surface area contributed by atoms with Gasteiger partial charge in [0.05, 0.1) is 12.8 Å². The average Bonchev–Trinajstić information content (AvgIpc) is 2.71. The largest absolute Gasteiger partial charge is 0.511 e. The molecule has 0 bridgehead atoms. The van der Waals surface area contributed by atoms with Crippen molar-refractivity contribution in [3.8, 4) is 5.75 Å². The fourth-order valence-electron chi connectivity index (χ4n) is 2.34. The zero-order chi connectivity index (χ0) is 19.6. The van der Waals surface area contributed by atoms with E-state index in [0.717, 1.165) is 16.7 Å². The molecule has 0 heterocycles. The van der Waals surface area contributed by atoms with Gasteiger partial charge in [0.1, 0.15) is 18.6 Å². The number of aliphatic hydroxyl groups excluding tert-OH is 1. The molecule has 142 valence electrons. The van der Waals surface area contributed by atoms with Crippen LogP contribution in [0.5, 0.6) is 5.75 Å². The number of carbonyl (C=O) groups is 1. The van der Waals surface area contributed by atoms with Crippen LogP contribution >= 0.6 is 0 Å². The van der Waals surface area contributed by atoms with Crippen LogP contribution in [0.25, 0.3) is 0 Å². The quantitative estimate of drug-likeness (QED) is 0.249. The van der Waals surface area contributed by atoms with Crippen LogP contribution in [0.4, 0.5) is 0 Å². The minimum Gasteiger partial charge on any atom is -0.511 e. The van der Waals surface area contributed by atoms with Gasteiger partial charge in [-0.3, -0.25) is 0 Å². The number of methoxy groups -OCH3 is 1. The second-order valence-corrected chi connectivity index (χ2v) is 5.70. The standard InChI is InChI=1S/C21H23NO5/c1-4-17-10-11-18(12-19(17)27-20(13-23)21(24)25-3)15(2)22-26-14-16-8-6-5-7-9-16/h5-13,23H,4,14H2,1-3H3/b20-13+,22-15+. The van der Waals surface area contributed by atoms with E-state index in [0.29, 0.717) is 30.8 Å². The highest BCUT2D eigenvalue weighted by Gasteiger charge is 2.15. The maximum absolute atomic E-state index is 11.6. The van der Waals surface area contributed by atoms with Crippen LogP contribution in [0.15, 0.2) is 65.7 Å². The molecule has 0 spiro atoms. The van der Waals surface area contributed by atoms with Crippen LogP contribution in [0.1, 0.15) is 30.5 Å². The molecule has 6 heteroatoms. The molecule has 0 aliphatic rings. The Labute approximate surface area is 158 Å². The van der Waals surface area contributed by atoms with Crippen molar-refractivity contribution in [2.24, 2.45) is 5.16 Å². The fourth-order valence-corrected chi connectivity index (χ4v) is 2.34. The van der Waals surface area contributed by atoms with E-state index in [4.69, 9.17) is 9.57 Å². The monoisotopic (exact) mass is 369 g/mol. The molecule has 2 aromatic carbocycles. The van der Waals surface area contributed by atoms with Gasteiger partial charge in [0.25, 0.3) is 0 Å². The van der Waals surface area contributed by atoms with E-state index >= 15 is 0 Å². The van der Waals surface area contributed by atoms with Crippen molar-refractivity contribution in [2.45, 2.75) is 26.9 Å². The molecular weight excluding hydrogens is 346 g/mol. The van der Waals surface area contributed by atoms with Crippen LogP contribution in [0.2, 0.25) is 0 Å². The second kappa shape index (κ2) is 10.0. The van der Waals surface area contributed by atoms with Crippen molar-refractivity contribution in [1.82, 2.24) is 0 Å². The maximum atomic E-state index is 11.6. The van der Waals surface area contributed by atoms with Gasteiger partial charge < -0.3 is 19.4 Å². The van der Waals surface area contributed by atoms with Gasteiger partial charge in [0.15, 0.2) is 0 Å². The molecule has 0 unspecified atom stereocenters. The third-order valence-electron chi connectivity index (χ3n) is 3.87. The van der Waals surface area contributed by atoms with Gasteiger partial charge in [-0.15, -0.1) is 0 Å². The lowest BCUT2D eigenvalue weighted by Gasteiger charge is -2.12. The van der Waals surface area contributed by atoms with Gasteiger partial charge in [0.2, 0.25) is 5.76 Å². The Morgan fingerprint density at radius 2 is 1.93 bits per heavy atom. The van der Waals surface area contributed by atoms with E-state index in [1.807, 2.05) is 56.3 Å². The van der Waals surface area contributed by atoms with Gasteiger partial charge in [0, 0.05) is 5.56 Å². The Morgan fingerprint density at radius 1 is 1.19 bits per heavy atom. The number of oxime groups is 1. The van der Waals surface area contributed by atoms with E-state index < -0.39 is 5.97 Å². The molecule has 0 saturated carbocycles. The van der Waals surface area contributed by atoms with Crippen molar-refractivity contribution in [3.63, 3.8) is 0 Å². The molecule has 0 fully saturated rings. The topological polar surface area (TPSA) is 77.4 Å². The number of aryl methyl sites for hydroxylation is 1. The van der Waals surface area contributed by atoms with Crippen LogP contribution in [0, 0.1) is 0 Å². The molecule has 0 amide bonds. The summed E-state index contributed by atoms with van der Waals surface area (Å²) < 4.78 is 10.1. The first-order valence-corrected chi connectivity index (χ1v) is 8.53. The summed E-state index contributed by atoms with van der Waals surface area (Å²) in [5, 5.41) is 13.4. The van der Waals surface area contributed by atoms with Gasteiger partial charge in [-0.1, -0.05) is 54.5 Å². The van der Waals surface area contributed by atoms with E-state index in [1.165, 1.54) is 7.11 Å². The van der Waals surface area contributed by atoms with Gasteiger partial charge in [-0.2, -0.15) is 0 Å². The van der Waals surface area contributed by atoms with E-state index in [2.05, 4.69) is 9.89 Å². The van der Waals surface area contributed by atoms with E-state index in [1.54, 1.807) is 6.07 Å². The first kappa shape index (κ1) is 20.0. The fraction of sp³-hybridized carbons (Fsp3) is 0.238. The van der Waals surface area contributed by atoms with Gasteiger partial charge >= 0.3 is 5.97 Å². The Balaban J connectivity index is 2.17. The summed E-state index contributed by atoms with van der Waals surface area (Å²) in [6.45, 7) is 4.15. The highest BCUT2D eigenvalue weighted by Crippen LogP contribution is 2.24. The number of benzene rings is 2. The zero-order valence-corrected chi connectivity index (χ0v) is 15.6. The molecule has 6 nitrogen and oxygen atoms in total. The number of nitrogens with zero attached hydrogens (tertiary/aromatic N) is 1. The number of aliphatic hydroxyl groups is 1. The molecule has 1 N–H and O–H groups in total. The highest BCUT2D eigenvalue weighted by molar-refractivity contribution is 5.98. The molecule has 2 rings (SSSR count). The summed E-state index contributed by atoms with van der Waals surface area (Å²) in [5.41, 5.74) is 3.33. The van der Waals surface area contributed by atoms with Crippen LogP contribution in [-0.2, 0) is 27.4 Å². The number of hydrogen-bond donors (Lipinski definition) is 1. The van der Waals surface area contributed by atoms with Crippen LogP contribution in [-0.4, -0.2) is 23.9 Å². The number of rotatable bonds is 8. The summed E-state index contributed by atoms with van der Waals surface area (Å²) in [6, 6.07) is 15.3. The molecule has 0 aliphatic carbocycles. The lowest BCUT2D eigenvalue weighted by atomic mass is 10.1. The Kier molecular flexibility index (Phi) is 7.43. The summed E-state index contributed by atoms with van der Waals surface area (Å²) >= 11 is 0. The minimum absolute atomic E-state index is 0.292. The zero-order valence-electron chi connectivity index (χ0n) is 15.6. The number of esters is 1. The van der Waals surface area contributed by atoms with Crippen molar-refractivity contribution in [3.05, 3.63) is 77.2 Å². The first-order valence-electron chi connectivity index (χ1n) is 8.53. The maximum Gasteiger partial charge on any atom is 0.377 e. The lowest BCUT2D eigenvalue weighted by Crippen LogP contribution is -2.12. The van der Waals surface area contributed by atoms with Crippen molar-refractivity contribution < 1.29 is 24.2 Å². The Morgan fingerprint density at radius 3 is 2.56 bits per heavy atom. The smallest absolute Gasteiger partial charge is 0.377 e. The minimum atomic E-state index is -0.762. The molecule has 0 atom stereocenters. The average molecular weight is 369 g/mol. The Hall–Kier alpha value is -3.28. The first-order chi connectivity index (χ1) is 13.1. The van der Waals surface area contributed by atoms with Crippen molar-refractivity contribution >= 4 is 11.7 Å². The van der Waals surface area contributed by atoms with E-state index in [9.17, 15) is 9.90 Å². The highest BCUT2D eigenvalue weighted by atomic mass is 16.6. The lowest BCUT2D eigenvalue weighted by molar-refractivity contribution is -0.138. The molecule has 2 aromatic rings. The normalized spacial score (nSPS) is 11.8. The summed E-state index contributed by atoms with van der Waals surface area (Å²) in [5.74, 6) is -0.612. The number of hydrogen-bond acceptors (Lipinski definition) is 6. The van der Waals surface area contributed by atoms with E-state index in [-0.39, 0.29) is 5.76 Å². The molecule has 0 aliphatic heterocycles. The predicted octanol–water partition coefficient (Wildman–Crippen LogP) is 4.14. The summed E-state index contributed by atoms with van der Waals surface area (Å²) in [4.78, 5) is 17.0. The third-order valence-corrected chi connectivity index (χ3v) is 3.87. The SMILES string of the molecule is CCc1ccc(/C(C)=N/OCc2ccccc2)cc1O/C(=C/O)C(=O)OC. The molecule has 0 radical (unpaired) electrons. The van der Waals surface area contributed by atoms with Crippen molar-refractivity contribution in [1.29, 1.82) is 0 Å². The van der Waals surface area contributed by atoms with Crippen LogP contribution in [0.3, 0.4) is 0 Å². The molecule has 27 heavy (non-hydrogen) atoms. The molecule has 0 aromatic heterocycles. The second-order valence-electron chi connectivity index (χ2n) is 5.70. The number of ether oxygens (including phenoxy) is 2. The Bertz CT molecular complexity index is 828. The molecule has 0 saturated heterocycles.